The molecule has 15 nitrogen and oxygen atoms in total. The lowest BCUT2D eigenvalue weighted by atomic mass is 9.88. The highest BCUT2D eigenvalue weighted by atomic mass is 16.3. The molecular weight excluding hydrogens is 1730 g/mol. The van der Waals surface area contributed by atoms with Crippen molar-refractivity contribution in [1.82, 2.24) is 0 Å². The Bertz CT molecular complexity index is 9620. The zero-order valence-electron chi connectivity index (χ0n) is 80.0. The topological polar surface area (TPSA) is 146 Å². The Morgan fingerprint density at radius 3 is 1.23 bits per heavy atom. The van der Waals surface area contributed by atoms with Crippen LogP contribution in [-0.4, -0.2) is 0 Å². The molecule has 10 heterocycles. The summed E-state index contributed by atoms with van der Waals surface area (Å²) in [6.07, 6.45) is 13.5. The number of hydrogen-bond donors (Lipinski definition) is 0. The first kappa shape index (κ1) is 88.1. The lowest BCUT2D eigenvalue weighted by Crippen LogP contribution is -2.33. The molecule has 0 aliphatic heterocycles. The lowest BCUT2D eigenvalue weighted by Gasteiger charge is -2.16. The summed E-state index contributed by atoms with van der Waals surface area (Å²) < 4.78 is 42.6. The number of rotatable bonds is 6. The van der Waals surface area contributed by atoms with Gasteiger partial charge in [0.05, 0.1) is 86.3 Å². The van der Waals surface area contributed by atoms with Crippen LogP contribution >= 0.6 is 0 Å². The first-order valence-corrected chi connectivity index (χ1v) is 47.4. The van der Waals surface area contributed by atoms with E-state index in [4.69, 9.17) is 41.8 Å². The number of fused-ring (bicyclic) bond motifs is 20. The maximum atomic E-state index is 10.1. The fourth-order valence-corrected chi connectivity index (χ4v) is 21.7. The lowest BCUT2D eigenvalue weighted by molar-refractivity contribution is -0.659. The molecule has 15 aromatic carbocycles. The number of aryl methyl sites for hydroxylation is 9. The van der Waals surface area contributed by atoms with Crippen LogP contribution in [-0.2, 0) is 35.2 Å². The van der Waals surface area contributed by atoms with Crippen molar-refractivity contribution in [2.75, 3.05) is 0 Å². The van der Waals surface area contributed by atoms with Gasteiger partial charge in [-0.2, -0.15) is 15.1 Å². The molecule has 1 saturated carbocycles. The van der Waals surface area contributed by atoms with Crippen LogP contribution in [0, 0.1) is 83.9 Å². The van der Waals surface area contributed by atoms with E-state index < -0.39 is 0 Å². The Labute approximate surface area is 814 Å². The fourth-order valence-electron chi connectivity index (χ4n) is 21.7. The molecule has 1 aliphatic rings. The molecule has 0 radical (unpaired) electrons. The maximum Gasteiger partial charge on any atom is 0.229 e. The molecule has 0 spiro atoms. The highest BCUT2D eigenvalue weighted by molar-refractivity contribution is 6.19. The van der Waals surface area contributed by atoms with E-state index in [2.05, 4.69) is 357 Å². The molecule has 1 aliphatic carbocycles. The summed E-state index contributed by atoms with van der Waals surface area (Å²) in [6, 6.07) is 106. The first-order chi connectivity index (χ1) is 68.8. The van der Waals surface area contributed by atoms with Crippen molar-refractivity contribution in [1.29, 1.82) is 10.5 Å². The second-order valence-electron chi connectivity index (χ2n) is 37.0. The normalized spacial score (nSPS) is 12.0. The number of furan rings is 5. The average Bonchev–Trinajstić information content (AvgIpc) is 1.63. The number of nitriles is 2. The summed E-state index contributed by atoms with van der Waals surface area (Å²) in [4.78, 5) is 10.7. The number of benzene rings is 15. The van der Waals surface area contributed by atoms with Gasteiger partial charge in [-0.15, -0.1) is 0 Å². The summed E-state index contributed by atoms with van der Waals surface area (Å²) in [6.45, 7) is 34.7. The van der Waals surface area contributed by atoms with E-state index in [0.717, 1.165) is 188 Å². The molecule has 0 bridgehead atoms. The molecule has 141 heavy (non-hydrogen) atoms. The van der Waals surface area contributed by atoms with Crippen molar-refractivity contribution in [3.8, 4) is 68.4 Å². The van der Waals surface area contributed by atoms with Crippen LogP contribution in [0.15, 0.2) is 344 Å². The van der Waals surface area contributed by atoms with Gasteiger partial charge in [0, 0.05) is 95.6 Å². The van der Waals surface area contributed by atoms with E-state index in [1.54, 1.807) is 0 Å². The van der Waals surface area contributed by atoms with Gasteiger partial charge in [0.15, 0.2) is 41.7 Å². The van der Waals surface area contributed by atoms with Crippen LogP contribution in [0.1, 0.15) is 81.7 Å². The van der Waals surface area contributed by atoms with Crippen molar-refractivity contribution in [2.45, 2.75) is 73.1 Å². The second-order valence-corrected chi connectivity index (χ2v) is 37.0. The highest BCUT2D eigenvalue weighted by Crippen LogP contribution is 2.49. The standard InChI is InChI=1S/C30H27N2O.4C24H17N2O/c1-18-19(2)28(30-29(24(18)17-31)22-13-7-9-15-27(22)33-30)26-16-23(20-10-4-5-11-20)21-12-6-8-14-25(21)32(26)3;1-15-11-12-19-18-9-6-10-20(25-2)23(18)27-24(19)21(15)22-17-8-5-4-7-16(17)13-14-26(22)3;1-15-8-10-20-19-11-9-17(25-2)14-21(19)27-24(20)22(15)23-18-7-5-4-6-16(18)12-13-26(23)3;1-15-8-10-19-20-14-17(25-2)9-11-21(20)27-24(19)22(15)23-18-7-5-4-6-16(18)12-13-26(23)3;1-15-10-11-19-22-17(14-25)7-5-9-20(22)27-24(19)21(15)23-18-8-4-3-6-16(18)12-13-26(23)2/h6-9,12-16,20H,4-5,10-11H2,1-3H3;3*4-14H,1,3H3;3-13H,1-2H3/q5*+1. The van der Waals surface area contributed by atoms with Gasteiger partial charge in [0.1, 0.15) is 91.6 Å². The SMILES string of the molecule is Cc1c(C)c(C#N)c2c(oc3ccccc32)c1-c1cc(C2CCCC2)c2ccccc2[n+]1C.Cc1ccc2c(oc3cccc(C#N)c32)c1-c1c2ccccc2cc[n+]1C.[C-]#[N+]c1ccc2c(c1)oc1c(-c3c4ccccc4cc[n+]3C)c(C)ccc12.[C-]#[N+]c1ccc2oc3c(-c4c5ccccc5cc[n+]4C)c(C)ccc3c2c1.[C-]#[N+]c1cccc2c1oc1c(-c3c4ccccc4cc[n+]3C)c(C)ccc12. The third kappa shape index (κ3) is 14.9. The smallest absolute Gasteiger partial charge is 0.229 e. The van der Waals surface area contributed by atoms with Gasteiger partial charge >= 0.3 is 0 Å². The predicted molar refractivity (Wildman–Crippen MR) is 567 cm³/mol. The molecule has 0 atom stereocenters. The van der Waals surface area contributed by atoms with Gasteiger partial charge in [0.2, 0.25) is 39.7 Å². The highest BCUT2D eigenvalue weighted by Gasteiger charge is 2.34. The van der Waals surface area contributed by atoms with Gasteiger partial charge in [-0.25, -0.2) is 32.8 Å². The summed E-state index contributed by atoms with van der Waals surface area (Å²) in [5.41, 5.74) is 31.8. The van der Waals surface area contributed by atoms with E-state index in [1.807, 2.05) is 91.0 Å². The van der Waals surface area contributed by atoms with Crippen LogP contribution in [0.2, 0.25) is 0 Å². The summed E-state index contributed by atoms with van der Waals surface area (Å²) in [7, 11) is 10.4. The zero-order chi connectivity index (χ0) is 96.9. The van der Waals surface area contributed by atoms with Crippen molar-refractivity contribution >= 4 is 181 Å². The van der Waals surface area contributed by atoms with Crippen molar-refractivity contribution in [3.63, 3.8) is 0 Å². The molecule has 26 rings (SSSR count). The van der Waals surface area contributed by atoms with Crippen molar-refractivity contribution in [3.05, 3.63) is 406 Å². The largest absolute Gasteiger partial charge is 0.466 e. The number of pyridine rings is 5. The van der Waals surface area contributed by atoms with Gasteiger partial charge in [-0.1, -0.05) is 207 Å². The molecular formula is C126H95N10O5+5. The Morgan fingerprint density at radius 2 is 0.709 bits per heavy atom. The van der Waals surface area contributed by atoms with Crippen molar-refractivity contribution < 1.29 is 44.9 Å². The van der Waals surface area contributed by atoms with Gasteiger partial charge in [0.25, 0.3) is 0 Å². The van der Waals surface area contributed by atoms with Crippen LogP contribution in [0.3, 0.4) is 0 Å². The minimum absolute atomic E-state index is 0.551. The number of para-hydroxylation sites is 3. The van der Waals surface area contributed by atoms with Gasteiger partial charge in [-0.3, -0.25) is 0 Å². The van der Waals surface area contributed by atoms with E-state index in [9.17, 15) is 10.5 Å². The van der Waals surface area contributed by atoms with Crippen molar-refractivity contribution in [2.24, 2.45) is 35.2 Å². The summed E-state index contributed by atoms with van der Waals surface area (Å²) >= 11 is 0. The fraction of sp³-hybridized carbons (Fsp3) is 0.127. The van der Waals surface area contributed by atoms with Gasteiger partial charge in [-0.05, 0) is 188 Å². The quantitative estimate of drug-likeness (QED) is 0.119. The Balaban J connectivity index is 0.000000101. The minimum atomic E-state index is 0.551. The molecule has 0 N–H and O–H groups in total. The maximum absolute atomic E-state index is 10.1. The summed E-state index contributed by atoms with van der Waals surface area (Å²) in [5, 5.41) is 40.5. The average molecular weight is 1830 g/mol. The zero-order valence-corrected chi connectivity index (χ0v) is 80.0. The molecule has 15 heteroatoms. The number of hydrogen-bond acceptors (Lipinski definition) is 7. The number of aromatic nitrogens is 5. The molecule has 25 aromatic rings. The van der Waals surface area contributed by atoms with Crippen LogP contribution < -0.4 is 22.8 Å². The van der Waals surface area contributed by atoms with E-state index in [-0.39, 0.29) is 0 Å². The van der Waals surface area contributed by atoms with E-state index in [0.29, 0.717) is 34.1 Å². The number of nitrogens with zero attached hydrogens (tertiary/aromatic N) is 10. The predicted octanol–water partition coefficient (Wildman–Crippen LogP) is 31.1. The molecule has 0 unspecified atom stereocenters. The third-order valence-corrected chi connectivity index (χ3v) is 28.8. The molecule has 1 fully saturated rings. The van der Waals surface area contributed by atoms with Crippen LogP contribution in [0.25, 0.3) is 235 Å². The summed E-state index contributed by atoms with van der Waals surface area (Å²) in [5.74, 6) is 0.598. The first-order valence-electron chi connectivity index (χ1n) is 47.4. The molecule has 0 saturated heterocycles. The third-order valence-electron chi connectivity index (χ3n) is 28.8. The minimum Gasteiger partial charge on any atom is -0.466 e. The second kappa shape index (κ2) is 35.8. The monoisotopic (exact) mass is 1830 g/mol. The van der Waals surface area contributed by atoms with Crippen LogP contribution in [0.5, 0.6) is 0 Å². The Morgan fingerprint density at radius 1 is 0.305 bits per heavy atom. The van der Waals surface area contributed by atoms with E-state index >= 15 is 0 Å². The van der Waals surface area contributed by atoms with E-state index in [1.165, 1.54) is 96.4 Å². The molecule has 10 aromatic heterocycles. The molecule has 674 valence electrons. The van der Waals surface area contributed by atoms with Gasteiger partial charge < -0.3 is 22.1 Å². The Kier molecular flexibility index (Phi) is 22.4. The van der Waals surface area contributed by atoms with Crippen LogP contribution in [0.4, 0.5) is 17.1 Å². The molecule has 0 amide bonds. The Hall–Kier alpha value is -18.2.